The van der Waals surface area contributed by atoms with E-state index in [0.29, 0.717) is 0 Å². The van der Waals surface area contributed by atoms with E-state index in [2.05, 4.69) is 4.98 Å². The minimum atomic E-state index is -0.786. The summed E-state index contributed by atoms with van der Waals surface area (Å²) in [6.45, 7) is 3.80. The smallest absolute Gasteiger partial charge is 0.304 e. The highest BCUT2D eigenvalue weighted by atomic mass is 16.4. The first-order valence-corrected chi connectivity index (χ1v) is 4.12. The van der Waals surface area contributed by atoms with Crippen LogP contribution in [-0.2, 0) is 17.3 Å². The van der Waals surface area contributed by atoms with E-state index in [-0.39, 0.29) is 11.8 Å². The van der Waals surface area contributed by atoms with Gasteiger partial charge in [-0.05, 0) is 0 Å². The lowest BCUT2D eigenvalue weighted by atomic mass is 9.86. The Kier molecular flexibility index (Phi) is 2.40. The summed E-state index contributed by atoms with van der Waals surface area (Å²) in [6, 6.07) is 0. The third-order valence-electron chi connectivity index (χ3n) is 2.10. The molecule has 0 aromatic carbocycles. The Balaban J connectivity index is 2.93. The molecule has 1 rings (SSSR count). The molecule has 1 N–H and O–H groups in total. The van der Waals surface area contributed by atoms with Crippen molar-refractivity contribution in [2.45, 2.75) is 25.7 Å². The number of imidazole rings is 1. The topological polar surface area (TPSA) is 55.1 Å². The van der Waals surface area contributed by atoms with Crippen LogP contribution in [0.5, 0.6) is 0 Å². The van der Waals surface area contributed by atoms with Crippen LogP contribution in [0.25, 0.3) is 0 Å². The fourth-order valence-electron chi connectivity index (χ4n) is 1.48. The van der Waals surface area contributed by atoms with Crippen molar-refractivity contribution < 1.29 is 9.90 Å². The molecule has 13 heavy (non-hydrogen) atoms. The van der Waals surface area contributed by atoms with Crippen LogP contribution in [0, 0.1) is 0 Å². The highest BCUT2D eigenvalue weighted by Crippen LogP contribution is 2.25. The number of hydrogen-bond acceptors (Lipinski definition) is 2. The van der Waals surface area contributed by atoms with Crippen molar-refractivity contribution >= 4 is 5.97 Å². The van der Waals surface area contributed by atoms with Crippen LogP contribution in [-0.4, -0.2) is 20.6 Å². The highest BCUT2D eigenvalue weighted by Gasteiger charge is 2.26. The van der Waals surface area contributed by atoms with Crippen LogP contribution < -0.4 is 0 Å². The van der Waals surface area contributed by atoms with Gasteiger partial charge in [-0.25, -0.2) is 4.98 Å². The largest absolute Gasteiger partial charge is 0.481 e. The van der Waals surface area contributed by atoms with Crippen molar-refractivity contribution in [2.75, 3.05) is 0 Å². The quantitative estimate of drug-likeness (QED) is 0.763. The molecule has 4 nitrogen and oxygen atoms in total. The fourth-order valence-corrected chi connectivity index (χ4v) is 1.48. The summed E-state index contributed by atoms with van der Waals surface area (Å²) in [5.74, 6) is -0.786. The van der Waals surface area contributed by atoms with Gasteiger partial charge in [-0.15, -0.1) is 0 Å². The molecule has 0 bridgehead atoms. The molecule has 0 spiro atoms. The third kappa shape index (κ3) is 2.08. The van der Waals surface area contributed by atoms with Gasteiger partial charge in [0.05, 0.1) is 12.7 Å². The molecule has 0 saturated carbocycles. The summed E-state index contributed by atoms with van der Waals surface area (Å²) in [5, 5.41) is 8.71. The molecule has 0 amide bonds. The van der Waals surface area contributed by atoms with E-state index in [1.807, 2.05) is 25.5 Å². The number of hydrogen-bond donors (Lipinski definition) is 1. The first kappa shape index (κ1) is 9.77. The number of carboxylic acids is 1. The van der Waals surface area contributed by atoms with E-state index in [4.69, 9.17) is 5.11 Å². The summed E-state index contributed by atoms with van der Waals surface area (Å²) >= 11 is 0. The maximum Gasteiger partial charge on any atom is 0.304 e. The minimum Gasteiger partial charge on any atom is -0.481 e. The molecular weight excluding hydrogens is 168 g/mol. The van der Waals surface area contributed by atoms with Gasteiger partial charge in [0.2, 0.25) is 0 Å². The van der Waals surface area contributed by atoms with E-state index in [0.717, 1.165) is 5.69 Å². The number of aryl methyl sites for hydroxylation is 1. The maximum absolute atomic E-state index is 10.6. The number of carbonyl (C=O) groups is 1. The van der Waals surface area contributed by atoms with E-state index in [1.54, 1.807) is 12.5 Å². The van der Waals surface area contributed by atoms with Crippen molar-refractivity contribution in [3.63, 3.8) is 0 Å². The van der Waals surface area contributed by atoms with Gasteiger partial charge in [0, 0.05) is 24.4 Å². The Hall–Kier alpha value is -1.32. The first-order chi connectivity index (χ1) is 5.93. The zero-order valence-corrected chi connectivity index (χ0v) is 8.11. The summed E-state index contributed by atoms with van der Waals surface area (Å²) in [6.07, 6.45) is 3.51. The molecule has 4 heteroatoms. The van der Waals surface area contributed by atoms with Gasteiger partial charge < -0.3 is 9.67 Å². The van der Waals surface area contributed by atoms with Crippen molar-refractivity contribution in [1.29, 1.82) is 0 Å². The monoisotopic (exact) mass is 182 g/mol. The molecule has 1 heterocycles. The molecule has 0 radical (unpaired) electrons. The summed E-state index contributed by atoms with van der Waals surface area (Å²) in [7, 11) is 1.87. The lowest BCUT2D eigenvalue weighted by Crippen LogP contribution is -2.24. The zero-order chi connectivity index (χ0) is 10.1. The highest BCUT2D eigenvalue weighted by molar-refractivity contribution is 5.68. The normalized spacial score (nSPS) is 11.6. The van der Waals surface area contributed by atoms with Gasteiger partial charge >= 0.3 is 5.97 Å². The van der Waals surface area contributed by atoms with Gasteiger partial charge in [0.1, 0.15) is 0 Å². The molecule has 0 aliphatic heterocycles. The van der Waals surface area contributed by atoms with E-state index < -0.39 is 5.97 Å². The standard InChI is InChI=1S/C9H14N2O2/c1-9(2,4-8(12)13)7-5-10-6-11(7)3/h5-6H,4H2,1-3H3,(H,12,13). The minimum absolute atomic E-state index is 0.118. The number of aromatic nitrogens is 2. The van der Waals surface area contributed by atoms with Gasteiger partial charge in [0.15, 0.2) is 0 Å². The number of rotatable bonds is 3. The molecular formula is C9H14N2O2. The summed E-state index contributed by atoms with van der Waals surface area (Å²) in [4.78, 5) is 14.6. The van der Waals surface area contributed by atoms with Crippen molar-refractivity contribution in [3.05, 3.63) is 18.2 Å². The second-order valence-corrected chi connectivity index (χ2v) is 3.84. The number of carboxylic acid groups (broad SMARTS) is 1. The predicted molar refractivity (Wildman–Crippen MR) is 48.5 cm³/mol. The number of nitrogens with zero attached hydrogens (tertiary/aromatic N) is 2. The van der Waals surface area contributed by atoms with Crippen molar-refractivity contribution in [3.8, 4) is 0 Å². The lowest BCUT2D eigenvalue weighted by molar-refractivity contribution is -0.138. The molecule has 72 valence electrons. The van der Waals surface area contributed by atoms with Crippen LogP contribution in [0.2, 0.25) is 0 Å². The average molecular weight is 182 g/mol. The Morgan fingerprint density at radius 2 is 2.31 bits per heavy atom. The van der Waals surface area contributed by atoms with Gasteiger partial charge in [-0.3, -0.25) is 4.79 Å². The van der Waals surface area contributed by atoms with Gasteiger partial charge in [-0.1, -0.05) is 13.8 Å². The van der Waals surface area contributed by atoms with Crippen LogP contribution >= 0.6 is 0 Å². The van der Waals surface area contributed by atoms with Crippen molar-refractivity contribution in [1.82, 2.24) is 9.55 Å². The van der Waals surface area contributed by atoms with Crippen LogP contribution in [0.15, 0.2) is 12.5 Å². The molecule has 0 saturated heterocycles. The first-order valence-electron chi connectivity index (χ1n) is 4.12. The Bertz CT molecular complexity index is 315. The van der Waals surface area contributed by atoms with Crippen LogP contribution in [0.3, 0.4) is 0 Å². The molecule has 1 aromatic rings. The average Bonchev–Trinajstić information content (AvgIpc) is 2.32. The molecule has 0 aliphatic carbocycles. The summed E-state index contributed by atoms with van der Waals surface area (Å²) in [5.41, 5.74) is 0.576. The molecule has 0 unspecified atom stereocenters. The fraction of sp³-hybridized carbons (Fsp3) is 0.556. The van der Waals surface area contributed by atoms with Crippen molar-refractivity contribution in [2.24, 2.45) is 7.05 Å². The summed E-state index contributed by atoms with van der Waals surface area (Å²) < 4.78 is 1.85. The molecule has 0 aliphatic rings. The third-order valence-corrected chi connectivity index (χ3v) is 2.10. The second-order valence-electron chi connectivity index (χ2n) is 3.84. The molecule has 1 aromatic heterocycles. The van der Waals surface area contributed by atoms with Crippen LogP contribution in [0.1, 0.15) is 26.0 Å². The van der Waals surface area contributed by atoms with E-state index in [1.165, 1.54) is 0 Å². The predicted octanol–water partition coefficient (Wildman–Crippen LogP) is 1.17. The Morgan fingerprint density at radius 3 is 2.69 bits per heavy atom. The Morgan fingerprint density at radius 1 is 1.69 bits per heavy atom. The maximum atomic E-state index is 10.6. The molecule has 0 fully saturated rings. The Labute approximate surface area is 77.2 Å². The number of aliphatic carboxylic acids is 1. The van der Waals surface area contributed by atoms with Gasteiger partial charge in [0.25, 0.3) is 0 Å². The SMILES string of the molecule is Cn1cncc1C(C)(C)CC(=O)O. The van der Waals surface area contributed by atoms with Gasteiger partial charge in [-0.2, -0.15) is 0 Å². The molecule has 0 atom stereocenters. The van der Waals surface area contributed by atoms with E-state index >= 15 is 0 Å². The van der Waals surface area contributed by atoms with Crippen LogP contribution in [0.4, 0.5) is 0 Å². The second kappa shape index (κ2) is 3.20. The lowest BCUT2D eigenvalue weighted by Gasteiger charge is -2.22. The van der Waals surface area contributed by atoms with E-state index in [9.17, 15) is 4.79 Å². The zero-order valence-electron chi connectivity index (χ0n) is 8.11.